The number of ether oxygens (including phenoxy) is 3. The molecule has 3 rings (SSSR count). The summed E-state index contributed by atoms with van der Waals surface area (Å²) in [5.41, 5.74) is 2.44. The van der Waals surface area contributed by atoms with E-state index in [0.29, 0.717) is 18.8 Å². The van der Waals surface area contributed by atoms with Crippen LogP contribution in [0.5, 0.6) is 0 Å². The Morgan fingerprint density at radius 3 is 2.65 bits per heavy atom. The quantitative estimate of drug-likeness (QED) is 0.409. The first-order valence-electron chi connectivity index (χ1n) is 12.1. The highest BCUT2D eigenvalue weighted by Crippen LogP contribution is 2.30. The van der Waals surface area contributed by atoms with E-state index in [9.17, 15) is 0 Å². The van der Waals surface area contributed by atoms with Crippen LogP contribution >= 0.6 is 0 Å². The summed E-state index contributed by atoms with van der Waals surface area (Å²) in [4.78, 5) is 4.38. The van der Waals surface area contributed by atoms with Crippen LogP contribution in [0.1, 0.15) is 63.0 Å². The molecule has 1 saturated carbocycles. The van der Waals surface area contributed by atoms with E-state index < -0.39 is 0 Å². The Kier molecular flexibility index (Phi) is 10.6. The van der Waals surface area contributed by atoms with Gasteiger partial charge in [0.15, 0.2) is 5.96 Å². The van der Waals surface area contributed by atoms with Crippen LogP contribution in [-0.2, 0) is 27.4 Å². The first kappa shape index (κ1) is 24.0. The zero-order valence-electron chi connectivity index (χ0n) is 19.4. The molecule has 31 heavy (non-hydrogen) atoms. The van der Waals surface area contributed by atoms with Crippen molar-refractivity contribution in [3.8, 4) is 0 Å². The number of benzene rings is 1. The smallest absolute Gasteiger partial charge is 0.191 e. The molecule has 1 unspecified atom stereocenters. The summed E-state index contributed by atoms with van der Waals surface area (Å²) in [6, 6.07) is 8.59. The average molecular weight is 432 g/mol. The van der Waals surface area contributed by atoms with Crippen molar-refractivity contribution in [1.82, 2.24) is 10.6 Å². The van der Waals surface area contributed by atoms with Crippen LogP contribution in [0.25, 0.3) is 0 Å². The van der Waals surface area contributed by atoms with Crippen molar-refractivity contribution in [3.05, 3.63) is 35.4 Å². The average Bonchev–Trinajstić information content (AvgIpc) is 3.35. The second kappa shape index (κ2) is 13.7. The Hall–Kier alpha value is -1.63. The molecular weight excluding hydrogens is 390 g/mol. The van der Waals surface area contributed by atoms with E-state index in [1.807, 2.05) is 7.05 Å². The van der Waals surface area contributed by atoms with Gasteiger partial charge in [-0.3, -0.25) is 4.99 Å². The third kappa shape index (κ3) is 8.43. The Balaban J connectivity index is 1.39. The van der Waals surface area contributed by atoms with Crippen LogP contribution in [0.2, 0.25) is 0 Å². The fraction of sp³-hybridized carbons (Fsp3) is 0.720. The number of hydrogen-bond donors (Lipinski definition) is 2. The molecule has 0 radical (unpaired) electrons. The van der Waals surface area contributed by atoms with Gasteiger partial charge in [-0.15, -0.1) is 0 Å². The molecule has 174 valence electrons. The van der Waals surface area contributed by atoms with Crippen molar-refractivity contribution in [3.63, 3.8) is 0 Å². The summed E-state index contributed by atoms with van der Waals surface area (Å²) in [6.45, 7) is 6.79. The number of nitrogens with one attached hydrogen (secondary N) is 2. The summed E-state index contributed by atoms with van der Waals surface area (Å²) < 4.78 is 17.5. The normalized spacial score (nSPS) is 19.5. The van der Waals surface area contributed by atoms with Gasteiger partial charge >= 0.3 is 0 Å². The maximum Gasteiger partial charge on any atom is 0.191 e. The summed E-state index contributed by atoms with van der Waals surface area (Å²) in [5.74, 6) is 1.56. The largest absolute Gasteiger partial charge is 0.381 e. The lowest BCUT2D eigenvalue weighted by molar-refractivity contribution is -0.0390. The lowest BCUT2D eigenvalue weighted by Gasteiger charge is -2.24. The molecule has 1 atom stereocenters. The molecule has 1 heterocycles. The van der Waals surface area contributed by atoms with Crippen LogP contribution in [-0.4, -0.2) is 51.6 Å². The molecule has 0 amide bonds. The molecule has 6 heteroatoms. The Morgan fingerprint density at radius 1 is 1.13 bits per heavy atom. The minimum Gasteiger partial charge on any atom is -0.381 e. The van der Waals surface area contributed by atoms with Gasteiger partial charge in [0.2, 0.25) is 0 Å². The van der Waals surface area contributed by atoms with Gasteiger partial charge in [-0.25, -0.2) is 0 Å². The zero-order chi connectivity index (χ0) is 21.7. The molecule has 1 saturated heterocycles. The maximum atomic E-state index is 6.06. The summed E-state index contributed by atoms with van der Waals surface area (Å²) in [6.07, 6.45) is 9.03. The highest BCUT2D eigenvalue weighted by molar-refractivity contribution is 5.79. The molecule has 0 bridgehead atoms. The van der Waals surface area contributed by atoms with E-state index in [4.69, 9.17) is 14.2 Å². The summed E-state index contributed by atoms with van der Waals surface area (Å²) >= 11 is 0. The fourth-order valence-electron chi connectivity index (χ4n) is 4.62. The molecule has 0 aromatic heterocycles. The van der Waals surface area contributed by atoms with Crippen molar-refractivity contribution in [1.29, 1.82) is 0 Å². The SMILES string of the molecule is CCOC(CCNC(=NC)NCc1cccc(COC2CCOCC2)c1)C1CCCC1. The number of aliphatic imine (C=N–C) groups is 1. The Labute approximate surface area is 188 Å². The minimum atomic E-state index is 0.323. The van der Waals surface area contributed by atoms with E-state index in [1.165, 1.54) is 36.8 Å². The maximum absolute atomic E-state index is 6.06. The third-order valence-corrected chi connectivity index (χ3v) is 6.36. The van der Waals surface area contributed by atoms with Gasteiger partial charge in [0.05, 0.1) is 18.8 Å². The standard InChI is InChI=1S/C25H41N3O3/c1-3-30-24(22-9-4-5-10-22)11-14-27-25(26-2)28-18-20-7-6-8-21(17-20)19-31-23-12-15-29-16-13-23/h6-8,17,22-24H,3-5,9-16,18-19H2,1-2H3,(H2,26,27,28). The van der Waals surface area contributed by atoms with Crippen molar-refractivity contribution < 1.29 is 14.2 Å². The van der Waals surface area contributed by atoms with Gasteiger partial charge in [-0.2, -0.15) is 0 Å². The molecule has 2 aliphatic rings. The van der Waals surface area contributed by atoms with Gasteiger partial charge in [0.25, 0.3) is 0 Å². The Morgan fingerprint density at radius 2 is 1.90 bits per heavy atom. The highest BCUT2D eigenvalue weighted by atomic mass is 16.5. The van der Waals surface area contributed by atoms with Gasteiger partial charge in [-0.05, 0) is 56.1 Å². The summed E-state index contributed by atoms with van der Waals surface area (Å²) in [5, 5.41) is 6.89. The lowest BCUT2D eigenvalue weighted by Crippen LogP contribution is -2.39. The fourth-order valence-corrected chi connectivity index (χ4v) is 4.62. The van der Waals surface area contributed by atoms with Gasteiger partial charge in [0, 0.05) is 40.0 Å². The molecule has 1 aliphatic carbocycles. The van der Waals surface area contributed by atoms with Crippen LogP contribution < -0.4 is 10.6 Å². The van der Waals surface area contributed by atoms with Crippen molar-refractivity contribution in [2.24, 2.45) is 10.9 Å². The molecule has 0 spiro atoms. The Bertz CT molecular complexity index is 655. The van der Waals surface area contributed by atoms with Crippen molar-refractivity contribution in [2.75, 3.05) is 33.4 Å². The predicted octanol–water partition coefficient (Wildman–Crippen LogP) is 4.03. The number of rotatable bonds is 11. The monoisotopic (exact) mass is 431 g/mol. The van der Waals surface area contributed by atoms with E-state index >= 15 is 0 Å². The van der Waals surface area contributed by atoms with Crippen LogP contribution in [0.4, 0.5) is 0 Å². The van der Waals surface area contributed by atoms with Crippen LogP contribution in [0.3, 0.4) is 0 Å². The zero-order valence-corrected chi connectivity index (χ0v) is 19.4. The lowest BCUT2D eigenvalue weighted by atomic mass is 9.98. The topological polar surface area (TPSA) is 64.1 Å². The molecule has 1 aromatic carbocycles. The van der Waals surface area contributed by atoms with E-state index in [2.05, 4.69) is 46.8 Å². The highest BCUT2D eigenvalue weighted by Gasteiger charge is 2.25. The van der Waals surface area contributed by atoms with Crippen molar-refractivity contribution in [2.45, 2.75) is 77.2 Å². The van der Waals surface area contributed by atoms with Gasteiger partial charge in [-0.1, -0.05) is 37.1 Å². The van der Waals surface area contributed by atoms with E-state index in [1.54, 1.807) is 0 Å². The second-order valence-corrected chi connectivity index (χ2v) is 8.62. The van der Waals surface area contributed by atoms with Crippen LogP contribution in [0.15, 0.2) is 29.3 Å². The molecule has 1 aromatic rings. The molecule has 2 N–H and O–H groups in total. The molecule has 1 aliphatic heterocycles. The third-order valence-electron chi connectivity index (χ3n) is 6.36. The van der Waals surface area contributed by atoms with Crippen molar-refractivity contribution >= 4 is 5.96 Å². The summed E-state index contributed by atoms with van der Waals surface area (Å²) in [7, 11) is 1.82. The van der Waals surface area contributed by atoms with E-state index in [0.717, 1.165) is 64.1 Å². The number of guanidine groups is 1. The first-order chi connectivity index (χ1) is 15.3. The first-order valence-corrected chi connectivity index (χ1v) is 12.1. The number of hydrogen-bond acceptors (Lipinski definition) is 4. The molecule has 6 nitrogen and oxygen atoms in total. The van der Waals surface area contributed by atoms with Crippen LogP contribution in [0, 0.1) is 5.92 Å². The van der Waals surface area contributed by atoms with Gasteiger partial charge < -0.3 is 24.8 Å². The second-order valence-electron chi connectivity index (χ2n) is 8.62. The van der Waals surface area contributed by atoms with Gasteiger partial charge in [0.1, 0.15) is 0 Å². The molecule has 2 fully saturated rings. The number of nitrogens with zero attached hydrogens (tertiary/aromatic N) is 1. The predicted molar refractivity (Wildman–Crippen MR) is 125 cm³/mol. The van der Waals surface area contributed by atoms with E-state index in [-0.39, 0.29) is 0 Å². The minimum absolute atomic E-state index is 0.323. The molecular formula is C25H41N3O3.